The highest BCUT2D eigenvalue weighted by Crippen LogP contribution is 2.10. The third kappa shape index (κ3) is 8.26. The van der Waals surface area contributed by atoms with Crippen LogP contribution in [-0.4, -0.2) is 26.8 Å². The Balaban J connectivity index is 3.36. The van der Waals surface area contributed by atoms with Crippen LogP contribution in [0, 0.1) is 5.92 Å². The standard InChI is InChI=1S/C11H25NO/c1-10(2)9-11(12-3)7-5-6-8-13-4/h10-12H,5-9H2,1-4H3. The average Bonchev–Trinajstić information content (AvgIpc) is 2.09. The molecule has 0 radical (unpaired) electrons. The summed E-state index contributed by atoms with van der Waals surface area (Å²) < 4.78 is 5.02. The van der Waals surface area contributed by atoms with Gasteiger partial charge >= 0.3 is 0 Å². The van der Waals surface area contributed by atoms with Crippen molar-refractivity contribution in [2.24, 2.45) is 5.92 Å². The van der Waals surface area contributed by atoms with E-state index < -0.39 is 0 Å². The molecular formula is C11H25NO. The maximum absolute atomic E-state index is 5.02. The molecule has 0 aromatic rings. The first-order chi connectivity index (χ1) is 6.20. The van der Waals surface area contributed by atoms with Gasteiger partial charge in [-0.05, 0) is 38.6 Å². The van der Waals surface area contributed by atoms with Gasteiger partial charge in [0.1, 0.15) is 0 Å². The van der Waals surface area contributed by atoms with Crippen molar-refractivity contribution in [2.75, 3.05) is 20.8 Å². The molecule has 0 saturated carbocycles. The summed E-state index contributed by atoms with van der Waals surface area (Å²) >= 11 is 0. The zero-order valence-electron chi connectivity index (χ0n) is 9.60. The molecule has 0 aliphatic heterocycles. The summed E-state index contributed by atoms with van der Waals surface area (Å²) in [7, 11) is 3.83. The molecule has 2 heteroatoms. The molecule has 0 rings (SSSR count). The van der Waals surface area contributed by atoms with Crippen molar-refractivity contribution < 1.29 is 4.74 Å². The zero-order valence-corrected chi connectivity index (χ0v) is 9.60. The first kappa shape index (κ1) is 12.9. The van der Waals surface area contributed by atoms with Crippen molar-refractivity contribution >= 4 is 0 Å². The Hall–Kier alpha value is -0.0800. The monoisotopic (exact) mass is 187 g/mol. The molecule has 0 saturated heterocycles. The number of ether oxygens (including phenoxy) is 1. The summed E-state index contributed by atoms with van der Waals surface area (Å²) in [6, 6.07) is 0.692. The fourth-order valence-corrected chi connectivity index (χ4v) is 1.59. The molecule has 1 unspecified atom stereocenters. The predicted molar refractivity (Wildman–Crippen MR) is 58.0 cm³/mol. The highest BCUT2D eigenvalue weighted by molar-refractivity contribution is 4.66. The maximum Gasteiger partial charge on any atom is 0.0462 e. The average molecular weight is 187 g/mol. The van der Waals surface area contributed by atoms with Gasteiger partial charge in [0, 0.05) is 19.8 Å². The molecule has 0 aromatic heterocycles. The van der Waals surface area contributed by atoms with Gasteiger partial charge in [-0.2, -0.15) is 0 Å². The molecule has 13 heavy (non-hydrogen) atoms. The van der Waals surface area contributed by atoms with Gasteiger partial charge in [-0.15, -0.1) is 0 Å². The minimum Gasteiger partial charge on any atom is -0.385 e. The van der Waals surface area contributed by atoms with Gasteiger partial charge in [0.25, 0.3) is 0 Å². The third-order valence-corrected chi connectivity index (χ3v) is 2.32. The summed E-state index contributed by atoms with van der Waals surface area (Å²) in [4.78, 5) is 0. The van der Waals surface area contributed by atoms with Crippen molar-refractivity contribution in [3.8, 4) is 0 Å². The molecule has 0 fully saturated rings. The van der Waals surface area contributed by atoms with Crippen molar-refractivity contribution in [3.05, 3.63) is 0 Å². The lowest BCUT2D eigenvalue weighted by atomic mass is 9.99. The van der Waals surface area contributed by atoms with Crippen LogP contribution in [0.3, 0.4) is 0 Å². The van der Waals surface area contributed by atoms with Crippen LogP contribution < -0.4 is 5.32 Å². The second-order valence-electron chi connectivity index (χ2n) is 4.10. The highest BCUT2D eigenvalue weighted by Gasteiger charge is 2.07. The quantitative estimate of drug-likeness (QED) is 0.589. The number of unbranched alkanes of at least 4 members (excludes halogenated alkanes) is 1. The van der Waals surface area contributed by atoms with E-state index in [0.29, 0.717) is 6.04 Å². The van der Waals surface area contributed by atoms with Gasteiger partial charge in [-0.3, -0.25) is 0 Å². The Kier molecular flexibility index (Phi) is 8.46. The Morgan fingerprint density at radius 2 is 1.92 bits per heavy atom. The van der Waals surface area contributed by atoms with E-state index in [1.165, 1.54) is 25.7 Å². The summed E-state index contributed by atoms with van der Waals surface area (Å²) in [5, 5.41) is 3.37. The molecule has 0 spiro atoms. The fraction of sp³-hybridized carbons (Fsp3) is 1.00. The normalized spacial score (nSPS) is 13.6. The minimum absolute atomic E-state index is 0.692. The van der Waals surface area contributed by atoms with Crippen LogP contribution in [-0.2, 0) is 4.74 Å². The van der Waals surface area contributed by atoms with Crippen LogP contribution in [0.25, 0.3) is 0 Å². The van der Waals surface area contributed by atoms with Crippen molar-refractivity contribution in [2.45, 2.75) is 45.6 Å². The predicted octanol–water partition coefficient (Wildman–Crippen LogP) is 2.44. The lowest BCUT2D eigenvalue weighted by Crippen LogP contribution is -2.26. The third-order valence-electron chi connectivity index (χ3n) is 2.32. The molecule has 1 atom stereocenters. The van der Waals surface area contributed by atoms with E-state index >= 15 is 0 Å². The Bertz CT molecular complexity index is 104. The lowest BCUT2D eigenvalue weighted by Gasteiger charge is -2.17. The van der Waals surface area contributed by atoms with E-state index in [2.05, 4.69) is 26.2 Å². The van der Waals surface area contributed by atoms with Gasteiger partial charge in [-0.25, -0.2) is 0 Å². The van der Waals surface area contributed by atoms with Gasteiger partial charge in [0.2, 0.25) is 0 Å². The summed E-state index contributed by atoms with van der Waals surface area (Å²) in [6.45, 7) is 5.46. The molecule has 80 valence electrons. The van der Waals surface area contributed by atoms with Gasteiger partial charge in [0.05, 0.1) is 0 Å². The van der Waals surface area contributed by atoms with Crippen LogP contribution >= 0.6 is 0 Å². The molecule has 0 heterocycles. The van der Waals surface area contributed by atoms with Crippen molar-refractivity contribution in [1.29, 1.82) is 0 Å². The van der Waals surface area contributed by atoms with E-state index in [-0.39, 0.29) is 0 Å². The first-order valence-corrected chi connectivity index (χ1v) is 5.37. The van der Waals surface area contributed by atoms with Crippen LogP contribution in [0.4, 0.5) is 0 Å². The molecule has 0 amide bonds. The van der Waals surface area contributed by atoms with Gasteiger partial charge in [0.15, 0.2) is 0 Å². The maximum atomic E-state index is 5.02. The molecule has 0 aliphatic rings. The van der Waals surface area contributed by atoms with Gasteiger partial charge in [-0.1, -0.05) is 13.8 Å². The van der Waals surface area contributed by atoms with Gasteiger partial charge < -0.3 is 10.1 Å². The van der Waals surface area contributed by atoms with Crippen LogP contribution in [0.2, 0.25) is 0 Å². The largest absolute Gasteiger partial charge is 0.385 e. The number of hydrogen-bond acceptors (Lipinski definition) is 2. The molecule has 0 aromatic carbocycles. The second kappa shape index (κ2) is 8.52. The van der Waals surface area contributed by atoms with E-state index in [1.54, 1.807) is 7.11 Å². The first-order valence-electron chi connectivity index (χ1n) is 5.37. The fourth-order valence-electron chi connectivity index (χ4n) is 1.59. The van der Waals surface area contributed by atoms with Crippen molar-refractivity contribution in [3.63, 3.8) is 0 Å². The lowest BCUT2D eigenvalue weighted by molar-refractivity contribution is 0.190. The second-order valence-corrected chi connectivity index (χ2v) is 4.10. The van der Waals surface area contributed by atoms with Crippen LogP contribution in [0.5, 0.6) is 0 Å². The summed E-state index contributed by atoms with van der Waals surface area (Å²) in [6.07, 6.45) is 5.01. The van der Waals surface area contributed by atoms with Crippen molar-refractivity contribution in [1.82, 2.24) is 5.32 Å². The SMILES string of the molecule is CNC(CCCCOC)CC(C)C. The van der Waals surface area contributed by atoms with Crippen LogP contribution in [0.1, 0.15) is 39.5 Å². The van der Waals surface area contributed by atoms with E-state index in [4.69, 9.17) is 4.74 Å². The van der Waals surface area contributed by atoms with Crippen LogP contribution in [0.15, 0.2) is 0 Å². The smallest absolute Gasteiger partial charge is 0.0462 e. The number of rotatable bonds is 8. The van der Waals surface area contributed by atoms with E-state index in [1.807, 2.05) is 0 Å². The molecule has 1 N–H and O–H groups in total. The van der Waals surface area contributed by atoms with E-state index in [9.17, 15) is 0 Å². The molecular weight excluding hydrogens is 162 g/mol. The Labute approximate surface area is 83.1 Å². The summed E-state index contributed by atoms with van der Waals surface area (Å²) in [5.41, 5.74) is 0. The highest BCUT2D eigenvalue weighted by atomic mass is 16.5. The Morgan fingerprint density at radius 3 is 2.38 bits per heavy atom. The molecule has 0 aliphatic carbocycles. The number of nitrogens with one attached hydrogen (secondary N) is 1. The van der Waals surface area contributed by atoms with E-state index in [0.717, 1.165) is 12.5 Å². The molecule has 2 nitrogen and oxygen atoms in total. The molecule has 0 bridgehead atoms. The number of hydrogen-bond donors (Lipinski definition) is 1. The Morgan fingerprint density at radius 1 is 1.23 bits per heavy atom. The topological polar surface area (TPSA) is 21.3 Å². The summed E-state index contributed by atoms with van der Waals surface area (Å²) in [5.74, 6) is 0.792. The zero-order chi connectivity index (χ0) is 10.1. The number of methoxy groups -OCH3 is 1. The minimum atomic E-state index is 0.692.